The van der Waals surface area contributed by atoms with Crippen LogP contribution in [0.2, 0.25) is 0 Å². The first-order valence-electron chi connectivity index (χ1n) is 9.37. The summed E-state index contributed by atoms with van der Waals surface area (Å²) in [5.41, 5.74) is 2.65. The number of carbonyl (C=O) groups is 1. The maximum absolute atomic E-state index is 11.3. The average Bonchev–Trinajstić information content (AvgIpc) is 2.60. The summed E-state index contributed by atoms with van der Waals surface area (Å²) in [5.74, 6) is 1.39. The van der Waals surface area contributed by atoms with Crippen LogP contribution >= 0.6 is 0 Å². The first kappa shape index (κ1) is 18.6. The number of hydrogen-bond donors (Lipinski definition) is 0. The lowest BCUT2D eigenvalue weighted by Gasteiger charge is -2.22. The quantitative estimate of drug-likeness (QED) is 0.315. The summed E-state index contributed by atoms with van der Waals surface area (Å²) < 4.78 is 9.88. The Morgan fingerprint density at radius 3 is 2.54 bits per heavy atom. The molecule has 1 atom stereocenters. The maximum atomic E-state index is 11.3. The van der Waals surface area contributed by atoms with Gasteiger partial charge in [-0.1, -0.05) is 57.2 Å². The molecule has 0 saturated heterocycles. The highest BCUT2D eigenvalue weighted by molar-refractivity contribution is 5.68. The minimum Gasteiger partial charge on any atom is -0.434 e. The molecule has 1 aliphatic carbocycles. The largest absolute Gasteiger partial charge is 0.513 e. The van der Waals surface area contributed by atoms with Crippen LogP contribution in [-0.4, -0.2) is 12.8 Å². The van der Waals surface area contributed by atoms with Crippen LogP contribution in [0.1, 0.15) is 70.8 Å². The van der Waals surface area contributed by atoms with Crippen molar-refractivity contribution in [3.05, 3.63) is 35.9 Å². The lowest BCUT2D eigenvalue weighted by Crippen LogP contribution is -2.10. The van der Waals surface area contributed by atoms with Crippen molar-refractivity contribution in [2.45, 2.75) is 65.2 Å². The summed E-state index contributed by atoms with van der Waals surface area (Å²) in [4.78, 5) is 11.3. The van der Waals surface area contributed by atoms with Gasteiger partial charge in [0.05, 0.1) is 6.61 Å². The molecule has 3 heteroatoms. The van der Waals surface area contributed by atoms with Gasteiger partial charge in [-0.2, -0.15) is 0 Å². The SMILES string of the molecule is CCCCCCC1CC=C(c2ccc(OC(=O)OCC)cc2)CC1. The van der Waals surface area contributed by atoms with Gasteiger partial charge >= 0.3 is 6.16 Å². The highest BCUT2D eigenvalue weighted by Gasteiger charge is 2.15. The predicted molar refractivity (Wildman–Crippen MR) is 98.2 cm³/mol. The Bertz CT molecular complexity index is 531. The van der Waals surface area contributed by atoms with E-state index in [0.717, 1.165) is 12.3 Å². The normalized spacial score (nSPS) is 17.2. The van der Waals surface area contributed by atoms with E-state index in [1.807, 2.05) is 24.3 Å². The second-order valence-corrected chi connectivity index (χ2v) is 6.53. The first-order chi connectivity index (χ1) is 11.7. The summed E-state index contributed by atoms with van der Waals surface area (Å²) in [6.07, 6.45) is 12.2. The molecule has 0 aromatic heterocycles. The molecular weight excluding hydrogens is 300 g/mol. The highest BCUT2D eigenvalue weighted by atomic mass is 16.7. The molecule has 1 aliphatic rings. The van der Waals surface area contributed by atoms with Gasteiger partial charge < -0.3 is 9.47 Å². The van der Waals surface area contributed by atoms with Gasteiger partial charge in [-0.15, -0.1) is 0 Å². The average molecular weight is 330 g/mol. The van der Waals surface area contributed by atoms with Crippen molar-refractivity contribution in [3.8, 4) is 5.75 Å². The Morgan fingerprint density at radius 1 is 1.12 bits per heavy atom. The molecule has 0 heterocycles. The molecule has 0 bridgehead atoms. The van der Waals surface area contributed by atoms with Crippen LogP contribution in [0, 0.1) is 5.92 Å². The number of allylic oxidation sites excluding steroid dienone is 2. The number of ether oxygens (including phenoxy) is 2. The zero-order chi connectivity index (χ0) is 17.2. The third-order valence-corrected chi connectivity index (χ3v) is 4.67. The van der Waals surface area contributed by atoms with E-state index in [9.17, 15) is 4.79 Å². The molecule has 0 amide bonds. The van der Waals surface area contributed by atoms with Crippen molar-refractivity contribution in [2.75, 3.05) is 6.61 Å². The molecule has 0 fully saturated rings. The number of benzene rings is 1. The Labute approximate surface area is 146 Å². The van der Waals surface area contributed by atoms with Gasteiger partial charge in [0.25, 0.3) is 0 Å². The summed E-state index contributed by atoms with van der Waals surface area (Å²) in [6.45, 7) is 4.35. The standard InChI is InChI=1S/C21H30O3/c1-3-5-6-7-8-17-9-11-18(12-10-17)19-13-15-20(16-14-19)24-21(22)23-4-2/h11,13-17H,3-10,12H2,1-2H3. The van der Waals surface area contributed by atoms with E-state index < -0.39 is 6.16 Å². The van der Waals surface area contributed by atoms with Gasteiger partial charge in [-0.3, -0.25) is 0 Å². The minimum absolute atomic E-state index is 0.323. The van der Waals surface area contributed by atoms with E-state index in [2.05, 4.69) is 13.0 Å². The van der Waals surface area contributed by atoms with Gasteiger partial charge in [0, 0.05) is 0 Å². The predicted octanol–water partition coefficient (Wildman–Crippen LogP) is 6.38. The molecule has 0 saturated carbocycles. The number of hydrogen-bond acceptors (Lipinski definition) is 3. The fourth-order valence-corrected chi connectivity index (χ4v) is 3.25. The van der Waals surface area contributed by atoms with E-state index in [1.54, 1.807) is 6.92 Å². The van der Waals surface area contributed by atoms with Gasteiger partial charge in [-0.05, 0) is 55.4 Å². The van der Waals surface area contributed by atoms with Crippen LogP contribution in [0.25, 0.3) is 5.57 Å². The number of unbranched alkanes of at least 4 members (excludes halogenated alkanes) is 3. The molecule has 0 N–H and O–H groups in total. The number of rotatable bonds is 8. The lowest BCUT2D eigenvalue weighted by atomic mass is 9.84. The molecule has 0 aliphatic heterocycles. The Kier molecular flexibility index (Phi) is 7.87. The monoisotopic (exact) mass is 330 g/mol. The zero-order valence-corrected chi connectivity index (χ0v) is 15.1. The topological polar surface area (TPSA) is 35.5 Å². The smallest absolute Gasteiger partial charge is 0.434 e. The van der Waals surface area contributed by atoms with Crippen LogP contribution < -0.4 is 4.74 Å². The van der Waals surface area contributed by atoms with Crippen molar-refractivity contribution in [1.82, 2.24) is 0 Å². The maximum Gasteiger partial charge on any atom is 0.513 e. The van der Waals surface area contributed by atoms with Crippen LogP contribution in [0.4, 0.5) is 4.79 Å². The third kappa shape index (κ3) is 6.03. The fraction of sp³-hybridized carbons (Fsp3) is 0.571. The molecule has 1 unspecified atom stereocenters. The molecule has 2 rings (SSSR count). The van der Waals surface area contributed by atoms with Gasteiger partial charge in [0.2, 0.25) is 0 Å². The molecular formula is C21H30O3. The van der Waals surface area contributed by atoms with E-state index in [4.69, 9.17) is 9.47 Å². The Hall–Kier alpha value is -1.77. The van der Waals surface area contributed by atoms with Crippen molar-refractivity contribution >= 4 is 11.7 Å². The van der Waals surface area contributed by atoms with E-state index in [1.165, 1.54) is 56.1 Å². The molecule has 3 nitrogen and oxygen atoms in total. The second-order valence-electron chi connectivity index (χ2n) is 6.53. The summed E-state index contributed by atoms with van der Waals surface area (Å²) in [5, 5.41) is 0. The third-order valence-electron chi connectivity index (χ3n) is 4.67. The summed E-state index contributed by atoms with van der Waals surface area (Å²) >= 11 is 0. The van der Waals surface area contributed by atoms with Gasteiger partial charge in [-0.25, -0.2) is 4.79 Å². The van der Waals surface area contributed by atoms with Gasteiger partial charge in [0.15, 0.2) is 0 Å². The minimum atomic E-state index is -0.645. The molecule has 1 aromatic carbocycles. The molecule has 132 valence electrons. The van der Waals surface area contributed by atoms with Crippen LogP contribution in [0.5, 0.6) is 5.75 Å². The van der Waals surface area contributed by atoms with Crippen molar-refractivity contribution < 1.29 is 14.3 Å². The zero-order valence-electron chi connectivity index (χ0n) is 15.1. The number of carbonyl (C=O) groups excluding carboxylic acids is 1. The van der Waals surface area contributed by atoms with Gasteiger partial charge in [0.1, 0.15) is 5.75 Å². The molecule has 0 spiro atoms. The van der Waals surface area contributed by atoms with Crippen molar-refractivity contribution in [3.63, 3.8) is 0 Å². The molecule has 24 heavy (non-hydrogen) atoms. The molecule has 0 radical (unpaired) electrons. The molecule has 1 aromatic rings. The van der Waals surface area contributed by atoms with Crippen molar-refractivity contribution in [2.24, 2.45) is 5.92 Å². The van der Waals surface area contributed by atoms with E-state index in [-0.39, 0.29) is 0 Å². The summed E-state index contributed by atoms with van der Waals surface area (Å²) in [7, 11) is 0. The van der Waals surface area contributed by atoms with Crippen LogP contribution in [-0.2, 0) is 4.74 Å². The lowest BCUT2D eigenvalue weighted by molar-refractivity contribution is 0.104. The van der Waals surface area contributed by atoms with Crippen molar-refractivity contribution in [1.29, 1.82) is 0 Å². The van der Waals surface area contributed by atoms with Crippen LogP contribution in [0.3, 0.4) is 0 Å². The second kappa shape index (κ2) is 10.2. The van der Waals surface area contributed by atoms with E-state index in [0.29, 0.717) is 12.4 Å². The Balaban J connectivity index is 1.82. The fourth-order valence-electron chi connectivity index (χ4n) is 3.25. The summed E-state index contributed by atoms with van der Waals surface area (Å²) in [6, 6.07) is 7.73. The van der Waals surface area contributed by atoms with E-state index >= 15 is 0 Å². The van der Waals surface area contributed by atoms with Crippen LogP contribution in [0.15, 0.2) is 30.3 Å². The highest BCUT2D eigenvalue weighted by Crippen LogP contribution is 2.33. The first-order valence-corrected chi connectivity index (χ1v) is 9.37. The Morgan fingerprint density at radius 2 is 1.92 bits per heavy atom.